The molecule has 0 aliphatic heterocycles. The normalized spacial score (nSPS) is 10.6. The highest BCUT2D eigenvalue weighted by Gasteiger charge is 2.12. The van der Waals surface area contributed by atoms with Crippen molar-refractivity contribution in [2.24, 2.45) is 0 Å². The molecule has 0 saturated carbocycles. The molecule has 0 heterocycles. The van der Waals surface area contributed by atoms with Gasteiger partial charge in [0.1, 0.15) is 0 Å². The van der Waals surface area contributed by atoms with Crippen molar-refractivity contribution in [2.45, 2.75) is 6.92 Å². The molecule has 2 rings (SSSR count). The number of rotatable bonds is 1. The number of nitrogens with two attached hydrogens (primary N) is 1. The Morgan fingerprint density at radius 2 is 1.94 bits per heavy atom. The lowest BCUT2D eigenvalue weighted by atomic mass is 10.0. The quantitative estimate of drug-likeness (QED) is 0.594. The smallest absolute Gasteiger partial charge is 0.150 e. The predicted octanol–water partition coefficient (Wildman–Crippen LogP) is 4.80. The highest BCUT2D eigenvalue weighted by atomic mass is 79.9. The molecule has 4 heteroatoms. The molecule has 0 radical (unpaired) electrons. The van der Waals surface area contributed by atoms with E-state index in [-0.39, 0.29) is 5.02 Å². The first-order valence-corrected chi connectivity index (χ1v) is 6.18. The zero-order chi connectivity index (χ0) is 12.6. The molecule has 0 saturated heterocycles. The molecule has 2 aromatic rings. The largest absolute Gasteiger partial charge is 0.398 e. The van der Waals surface area contributed by atoms with Crippen LogP contribution >= 0.6 is 27.5 Å². The summed E-state index contributed by atoms with van der Waals surface area (Å²) in [6.07, 6.45) is 0. The minimum Gasteiger partial charge on any atom is -0.398 e. The van der Waals surface area contributed by atoms with Gasteiger partial charge in [0.2, 0.25) is 0 Å². The van der Waals surface area contributed by atoms with Crippen molar-refractivity contribution in [1.29, 1.82) is 0 Å². The van der Waals surface area contributed by atoms with Gasteiger partial charge in [0.15, 0.2) is 5.82 Å². The zero-order valence-corrected chi connectivity index (χ0v) is 11.4. The summed E-state index contributed by atoms with van der Waals surface area (Å²) in [5.41, 5.74) is 8.59. The van der Waals surface area contributed by atoms with Crippen LogP contribution in [0.25, 0.3) is 11.1 Å². The molecule has 1 nitrogen and oxygen atoms in total. The second-order valence-electron chi connectivity index (χ2n) is 3.79. The summed E-state index contributed by atoms with van der Waals surface area (Å²) in [7, 11) is 0. The number of hydrogen-bond donors (Lipinski definition) is 1. The lowest BCUT2D eigenvalue weighted by Gasteiger charge is -2.08. The van der Waals surface area contributed by atoms with E-state index >= 15 is 0 Å². The van der Waals surface area contributed by atoms with Crippen LogP contribution in [0.1, 0.15) is 5.56 Å². The molecule has 0 aliphatic rings. The van der Waals surface area contributed by atoms with Crippen molar-refractivity contribution >= 4 is 33.2 Å². The Kier molecular flexibility index (Phi) is 3.40. The van der Waals surface area contributed by atoms with Crippen molar-refractivity contribution in [1.82, 2.24) is 0 Å². The molecule has 0 fully saturated rings. The Bertz CT molecular complexity index is 584. The molecule has 0 unspecified atom stereocenters. The van der Waals surface area contributed by atoms with Crippen molar-refractivity contribution < 1.29 is 4.39 Å². The maximum atomic E-state index is 14.0. The lowest BCUT2D eigenvalue weighted by Crippen LogP contribution is -1.92. The van der Waals surface area contributed by atoms with Gasteiger partial charge in [-0.3, -0.25) is 0 Å². The molecule has 0 aromatic heterocycles. The first-order valence-electron chi connectivity index (χ1n) is 5.00. The SMILES string of the molecule is Cc1ccc(-c2ccc(Br)c(Cl)c2F)cc1N. The fourth-order valence-corrected chi connectivity index (χ4v) is 2.03. The maximum Gasteiger partial charge on any atom is 0.150 e. The topological polar surface area (TPSA) is 26.0 Å². The summed E-state index contributed by atoms with van der Waals surface area (Å²) in [6, 6.07) is 8.83. The first kappa shape index (κ1) is 12.4. The average Bonchev–Trinajstić information content (AvgIpc) is 2.30. The second kappa shape index (κ2) is 4.67. The fraction of sp³-hybridized carbons (Fsp3) is 0.0769. The number of benzene rings is 2. The molecule has 0 amide bonds. The Morgan fingerprint density at radius 3 is 2.59 bits per heavy atom. The molecule has 0 spiro atoms. The number of aryl methyl sites for hydroxylation is 1. The van der Waals surface area contributed by atoms with Crippen LogP contribution in [0.15, 0.2) is 34.8 Å². The van der Waals surface area contributed by atoms with E-state index in [0.717, 1.165) is 11.1 Å². The van der Waals surface area contributed by atoms with E-state index < -0.39 is 5.82 Å². The van der Waals surface area contributed by atoms with Gasteiger partial charge in [-0.1, -0.05) is 29.8 Å². The van der Waals surface area contributed by atoms with Crippen molar-refractivity contribution in [3.63, 3.8) is 0 Å². The molecule has 0 bridgehead atoms. The maximum absolute atomic E-state index is 14.0. The number of halogens is 3. The minimum atomic E-state index is -0.440. The molecule has 2 N–H and O–H groups in total. The first-order chi connectivity index (χ1) is 8.00. The minimum absolute atomic E-state index is 0.0849. The van der Waals surface area contributed by atoms with Gasteiger partial charge >= 0.3 is 0 Å². The van der Waals surface area contributed by atoms with Crippen LogP contribution in [0.3, 0.4) is 0 Å². The van der Waals surface area contributed by atoms with Gasteiger partial charge in [-0.25, -0.2) is 4.39 Å². The van der Waals surface area contributed by atoms with Gasteiger partial charge in [0, 0.05) is 15.7 Å². The summed E-state index contributed by atoms with van der Waals surface area (Å²) >= 11 is 9.03. The summed E-state index contributed by atoms with van der Waals surface area (Å²) in [5.74, 6) is -0.440. The highest BCUT2D eigenvalue weighted by Crippen LogP contribution is 2.33. The van der Waals surface area contributed by atoms with Gasteiger partial charge in [-0.05, 0) is 46.1 Å². The second-order valence-corrected chi connectivity index (χ2v) is 5.03. The molecule has 0 aliphatic carbocycles. The lowest BCUT2D eigenvalue weighted by molar-refractivity contribution is 0.631. The molecule has 0 atom stereocenters. The van der Waals surface area contributed by atoms with Crippen LogP contribution in [-0.2, 0) is 0 Å². The summed E-state index contributed by atoms with van der Waals surface area (Å²) in [5, 5.41) is 0.0849. The summed E-state index contributed by atoms with van der Waals surface area (Å²) in [4.78, 5) is 0. The third kappa shape index (κ3) is 2.31. The third-order valence-corrected chi connectivity index (χ3v) is 3.88. The fourth-order valence-electron chi connectivity index (χ4n) is 1.56. The third-order valence-electron chi connectivity index (χ3n) is 2.63. The molecular formula is C13H10BrClFN. The van der Waals surface area contributed by atoms with E-state index in [1.807, 2.05) is 19.1 Å². The van der Waals surface area contributed by atoms with Crippen molar-refractivity contribution in [3.8, 4) is 11.1 Å². The van der Waals surface area contributed by atoms with Crippen molar-refractivity contribution in [3.05, 3.63) is 51.2 Å². The van der Waals surface area contributed by atoms with Crippen LogP contribution in [0, 0.1) is 12.7 Å². The van der Waals surface area contributed by atoms with Gasteiger partial charge in [-0.2, -0.15) is 0 Å². The predicted molar refractivity (Wildman–Crippen MR) is 73.7 cm³/mol. The highest BCUT2D eigenvalue weighted by molar-refractivity contribution is 9.10. The standard InChI is InChI=1S/C13H10BrClFN/c1-7-2-3-8(6-11(7)17)9-4-5-10(14)12(15)13(9)16/h2-6H,17H2,1H3. The van der Waals surface area contributed by atoms with E-state index in [0.29, 0.717) is 15.7 Å². The van der Waals surface area contributed by atoms with Gasteiger partial charge in [-0.15, -0.1) is 0 Å². The molecule has 88 valence electrons. The average molecular weight is 315 g/mol. The number of nitrogen functional groups attached to an aromatic ring is 1. The van der Waals surface area contributed by atoms with Crippen LogP contribution < -0.4 is 5.73 Å². The Morgan fingerprint density at radius 1 is 1.24 bits per heavy atom. The van der Waals surface area contributed by atoms with Crippen LogP contribution in [0.4, 0.5) is 10.1 Å². The monoisotopic (exact) mass is 313 g/mol. The van der Waals surface area contributed by atoms with Gasteiger partial charge in [0.05, 0.1) is 5.02 Å². The van der Waals surface area contributed by atoms with Crippen LogP contribution in [0.2, 0.25) is 5.02 Å². The van der Waals surface area contributed by atoms with Crippen LogP contribution in [0.5, 0.6) is 0 Å². The summed E-state index contributed by atoms with van der Waals surface area (Å²) in [6.45, 7) is 1.91. The number of anilines is 1. The Hall–Kier alpha value is -1.06. The van der Waals surface area contributed by atoms with E-state index in [4.69, 9.17) is 17.3 Å². The van der Waals surface area contributed by atoms with E-state index in [1.165, 1.54) is 0 Å². The molecule has 17 heavy (non-hydrogen) atoms. The number of hydrogen-bond acceptors (Lipinski definition) is 1. The van der Waals surface area contributed by atoms with Crippen LogP contribution in [-0.4, -0.2) is 0 Å². The van der Waals surface area contributed by atoms with Gasteiger partial charge < -0.3 is 5.73 Å². The Balaban J connectivity index is 2.61. The van der Waals surface area contributed by atoms with Gasteiger partial charge in [0.25, 0.3) is 0 Å². The summed E-state index contributed by atoms with van der Waals surface area (Å²) < 4.78 is 14.5. The molecular weight excluding hydrogens is 305 g/mol. The zero-order valence-electron chi connectivity index (χ0n) is 9.10. The Labute approximate surface area is 113 Å². The van der Waals surface area contributed by atoms with E-state index in [1.54, 1.807) is 18.2 Å². The van der Waals surface area contributed by atoms with E-state index in [2.05, 4.69) is 15.9 Å². The van der Waals surface area contributed by atoms with Crippen molar-refractivity contribution in [2.75, 3.05) is 5.73 Å². The molecule has 2 aromatic carbocycles. The van der Waals surface area contributed by atoms with E-state index in [9.17, 15) is 4.39 Å².